The number of aliphatic carboxylic acids is 1. The van der Waals surface area contributed by atoms with Crippen LogP contribution in [0.15, 0.2) is 24.3 Å². The average Bonchev–Trinajstić information content (AvgIpc) is 2.15. The van der Waals surface area contributed by atoms with Crippen molar-refractivity contribution in [2.75, 3.05) is 5.43 Å². The number of hydrogen-bond acceptors (Lipinski definition) is 3. The fourth-order valence-electron chi connectivity index (χ4n) is 1.07. The zero-order valence-electron chi connectivity index (χ0n) is 7.16. The van der Waals surface area contributed by atoms with Gasteiger partial charge in [-0.3, -0.25) is 10.6 Å². The average molecular weight is 180 g/mol. The summed E-state index contributed by atoms with van der Waals surface area (Å²) in [6.07, 6.45) is 0.679. The lowest BCUT2D eigenvalue weighted by molar-refractivity contribution is -0.136. The Bertz CT molecular complexity index is 299. The van der Waals surface area contributed by atoms with Crippen LogP contribution in [-0.4, -0.2) is 11.1 Å². The molecular weight excluding hydrogens is 168 g/mol. The van der Waals surface area contributed by atoms with E-state index in [2.05, 4.69) is 5.43 Å². The first-order valence-electron chi connectivity index (χ1n) is 3.99. The Kier molecular flexibility index (Phi) is 3.28. The largest absolute Gasteiger partial charge is 0.481 e. The molecule has 1 rings (SSSR count). The van der Waals surface area contributed by atoms with Crippen molar-refractivity contribution in [3.05, 3.63) is 29.8 Å². The summed E-state index contributed by atoms with van der Waals surface area (Å²) in [6, 6.07) is 7.38. The molecule has 13 heavy (non-hydrogen) atoms. The van der Waals surface area contributed by atoms with Gasteiger partial charge in [-0.2, -0.15) is 0 Å². The first-order valence-corrected chi connectivity index (χ1v) is 3.99. The molecule has 0 aromatic heterocycles. The van der Waals surface area contributed by atoms with Crippen molar-refractivity contribution in [2.45, 2.75) is 12.8 Å². The predicted molar refractivity (Wildman–Crippen MR) is 50.2 cm³/mol. The molecule has 0 saturated carbocycles. The molecule has 0 aliphatic carbocycles. The van der Waals surface area contributed by atoms with Crippen LogP contribution in [0.5, 0.6) is 0 Å². The lowest BCUT2D eigenvalue weighted by Crippen LogP contribution is -2.07. The van der Waals surface area contributed by atoms with E-state index in [0.717, 1.165) is 11.3 Å². The molecule has 0 radical (unpaired) electrons. The lowest BCUT2D eigenvalue weighted by Gasteiger charge is -2.02. The minimum atomic E-state index is -0.786. The summed E-state index contributed by atoms with van der Waals surface area (Å²) < 4.78 is 0. The van der Waals surface area contributed by atoms with Gasteiger partial charge in [-0.05, 0) is 24.1 Å². The highest BCUT2D eigenvalue weighted by atomic mass is 16.4. The summed E-state index contributed by atoms with van der Waals surface area (Å²) in [6.45, 7) is 0. The second kappa shape index (κ2) is 4.47. The van der Waals surface area contributed by atoms with Gasteiger partial charge in [-0.1, -0.05) is 12.1 Å². The second-order valence-corrected chi connectivity index (χ2v) is 2.74. The van der Waals surface area contributed by atoms with E-state index in [-0.39, 0.29) is 6.42 Å². The van der Waals surface area contributed by atoms with E-state index in [1.54, 1.807) is 0 Å². The molecule has 4 heteroatoms. The van der Waals surface area contributed by atoms with Crippen molar-refractivity contribution < 1.29 is 9.90 Å². The highest BCUT2D eigenvalue weighted by Crippen LogP contribution is 2.10. The molecular formula is C9H12N2O2. The maximum Gasteiger partial charge on any atom is 0.303 e. The summed E-state index contributed by atoms with van der Waals surface area (Å²) in [5, 5.41) is 8.46. The van der Waals surface area contributed by atoms with Crippen LogP contribution in [0, 0.1) is 0 Å². The molecule has 0 heterocycles. The fourth-order valence-corrected chi connectivity index (χ4v) is 1.07. The summed E-state index contributed by atoms with van der Waals surface area (Å²) in [4.78, 5) is 10.3. The van der Waals surface area contributed by atoms with Gasteiger partial charge in [-0.25, -0.2) is 0 Å². The van der Waals surface area contributed by atoms with E-state index in [0.29, 0.717) is 6.42 Å². The zero-order valence-corrected chi connectivity index (χ0v) is 7.16. The summed E-state index contributed by atoms with van der Waals surface area (Å²) >= 11 is 0. The second-order valence-electron chi connectivity index (χ2n) is 2.74. The van der Waals surface area contributed by atoms with Crippen LogP contribution in [0.2, 0.25) is 0 Å². The first kappa shape index (κ1) is 9.54. The normalized spacial score (nSPS) is 9.62. The topological polar surface area (TPSA) is 75.3 Å². The predicted octanol–water partition coefficient (Wildman–Crippen LogP) is 0.989. The van der Waals surface area contributed by atoms with Crippen molar-refractivity contribution in [1.82, 2.24) is 0 Å². The quantitative estimate of drug-likeness (QED) is 0.477. The maximum absolute atomic E-state index is 10.3. The Balaban J connectivity index is 2.61. The minimum Gasteiger partial charge on any atom is -0.481 e. The van der Waals surface area contributed by atoms with Crippen molar-refractivity contribution in [2.24, 2.45) is 5.84 Å². The third kappa shape index (κ3) is 3.13. The minimum absolute atomic E-state index is 0.147. The van der Waals surface area contributed by atoms with Crippen LogP contribution >= 0.6 is 0 Å². The number of nitrogens with two attached hydrogens (primary N) is 1. The molecule has 0 aliphatic heterocycles. The van der Waals surface area contributed by atoms with Gasteiger partial charge < -0.3 is 10.5 Å². The van der Waals surface area contributed by atoms with Gasteiger partial charge in [0.15, 0.2) is 0 Å². The van der Waals surface area contributed by atoms with Gasteiger partial charge in [0.1, 0.15) is 0 Å². The van der Waals surface area contributed by atoms with Crippen LogP contribution in [0.3, 0.4) is 0 Å². The fraction of sp³-hybridized carbons (Fsp3) is 0.222. The van der Waals surface area contributed by atoms with E-state index in [4.69, 9.17) is 10.9 Å². The smallest absolute Gasteiger partial charge is 0.303 e. The molecule has 0 aliphatic rings. The number of carboxylic acids is 1. The van der Waals surface area contributed by atoms with Gasteiger partial charge in [0.25, 0.3) is 0 Å². The number of carbonyl (C=O) groups is 1. The number of hydrogen-bond donors (Lipinski definition) is 3. The van der Waals surface area contributed by atoms with Crippen LogP contribution in [0.1, 0.15) is 12.0 Å². The Hall–Kier alpha value is -1.55. The summed E-state index contributed by atoms with van der Waals surface area (Å²) in [5.74, 6) is 4.42. The molecule has 1 aromatic rings. The SMILES string of the molecule is NNc1cccc(CCC(=O)O)c1. The third-order valence-corrected chi connectivity index (χ3v) is 1.72. The van der Waals surface area contributed by atoms with Crippen molar-refractivity contribution in [3.8, 4) is 0 Å². The zero-order chi connectivity index (χ0) is 9.68. The lowest BCUT2D eigenvalue weighted by atomic mass is 10.1. The molecule has 70 valence electrons. The molecule has 0 bridgehead atoms. The maximum atomic E-state index is 10.3. The third-order valence-electron chi connectivity index (χ3n) is 1.72. The van der Waals surface area contributed by atoms with Crippen LogP contribution in [0.25, 0.3) is 0 Å². The van der Waals surface area contributed by atoms with Gasteiger partial charge in [0.2, 0.25) is 0 Å². The van der Waals surface area contributed by atoms with Crippen LogP contribution in [-0.2, 0) is 11.2 Å². The van der Waals surface area contributed by atoms with Gasteiger partial charge in [0.05, 0.1) is 0 Å². The van der Waals surface area contributed by atoms with E-state index in [1.165, 1.54) is 0 Å². The number of rotatable bonds is 4. The molecule has 4 N–H and O–H groups in total. The number of anilines is 1. The molecule has 0 spiro atoms. The van der Waals surface area contributed by atoms with Gasteiger partial charge >= 0.3 is 5.97 Å². The van der Waals surface area contributed by atoms with Gasteiger partial charge in [-0.15, -0.1) is 0 Å². The van der Waals surface area contributed by atoms with Gasteiger partial charge in [0, 0.05) is 12.1 Å². The Morgan fingerprint density at radius 1 is 1.54 bits per heavy atom. The van der Waals surface area contributed by atoms with E-state index in [9.17, 15) is 4.79 Å². The number of hydrazine groups is 1. The number of nitrogens with one attached hydrogen (secondary N) is 1. The molecule has 0 saturated heterocycles. The van der Waals surface area contributed by atoms with E-state index < -0.39 is 5.97 Å². The monoisotopic (exact) mass is 180 g/mol. The standard InChI is InChI=1S/C9H12N2O2/c10-11-8-3-1-2-7(6-8)4-5-9(12)13/h1-3,6,11H,4-5,10H2,(H,12,13). The number of nitrogen functional groups attached to an aromatic ring is 1. The Morgan fingerprint density at radius 3 is 2.92 bits per heavy atom. The number of carboxylic acid groups (broad SMARTS) is 1. The Morgan fingerprint density at radius 2 is 2.31 bits per heavy atom. The summed E-state index contributed by atoms with van der Waals surface area (Å²) in [5.41, 5.74) is 4.27. The molecule has 4 nitrogen and oxygen atoms in total. The van der Waals surface area contributed by atoms with Crippen molar-refractivity contribution in [1.29, 1.82) is 0 Å². The number of benzene rings is 1. The highest BCUT2D eigenvalue weighted by Gasteiger charge is 1.99. The molecule has 0 fully saturated rings. The van der Waals surface area contributed by atoms with Crippen LogP contribution < -0.4 is 11.3 Å². The highest BCUT2D eigenvalue weighted by molar-refractivity contribution is 5.67. The van der Waals surface area contributed by atoms with E-state index >= 15 is 0 Å². The van der Waals surface area contributed by atoms with E-state index in [1.807, 2.05) is 24.3 Å². The first-order chi connectivity index (χ1) is 6.22. The summed E-state index contributed by atoms with van der Waals surface area (Å²) in [7, 11) is 0. The Labute approximate surface area is 76.3 Å². The molecule has 0 unspecified atom stereocenters. The van der Waals surface area contributed by atoms with Crippen molar-refractivity contribution in [3.63, 3.8) is 0 Å². The molecule has 1 aromatic carbocycles. The number of aryl methyl sites for hydroxylation is 1. The molecule has 0 atom stereocenters. The van der Waals surface area contributed by atoms with Crippen molar-refractivity contribution >= 4 is 11.7 Å². The van der Waals surface area contributed by atoms with Crippen LogP contribution in [0.4, 0.5) is 5.69 Å². The molecule has 0 amide bonds.